The Balaban J connectivity index is 1.27. The van der Waals surface area contributed by atoms with Gasteiger partial charge in [-0.3, -0.25) is 40.5 Å². The van der Waals surface area contributed by atoms with Crippen LogP contribution in [-0.2, 0) is 5.41 Å². The first-order valence-corrected chi connectivity index (χ1v) is 19.1. The fourth-order valence-corrected chi connectivity index (χ4v) is 9.05. The number of benzene rings is 8. The summed E-state index contributed by atoms with van der Waals surface area (Å²) in [5.74, 6) is 0. The Morgan fingerprint density at radius 3 is 0.623 bits per heavy atom. The minimum absolute atomic E-state index is 0.0243. The second-order valence-corrected chi connectivity index (χ2v) is 15.0. The van der Waals surface area contributed by atoms with Gasteiger partial charge in [0.1, 0.15) is 0 Å². The molecule has 12 heteroatoms. The smallest absolute Gasteiger partial charge is 0.258 e. The largest absolute Gasteiger partial charge is 0.269 e. The summed E-state index contributed by atoms with van der Waals surface area (Å²) in [4.78, 5) is 44.6. The molecule has 12 nitrogen and oxygen atoms in total. The number of nitrogens with zero attached hydrogens (tertiary/aromatic N) is 4. The van der Waals surface area contributed by atoms with Crippen LogP contribution in [0.5, 0.6) is 0 Å². The predicted octanol–water partition coefficient (Wildman–Crippen LogP) is 12.3. The number of nitro benzene ring substituents is 4. The maximum absolute atomic E-state index is 11.6. The molecule has 0 fully saturated rings. The van der Waals surface area contributed by atoms with Gasteiger partial charge in [-0.15, -0.1) is 0 Å². The Kier molecular flexibility index (Phi) is 8.26. The van der Waals surface area contributed by atoms with Crippen molar-refractivity contribution in [3.63, 3.8) is 0 Å². The molecule has 292 valence electrons. The van der Waals surface area contributed by atoms with Crippen LogP contribution in [0.2, 0.25) is 0 Å². The minimum atomic E-state index is -0.976. The molecule has 2 aliphatic carbocycles. The standard InChI is InChI=1S/C49H28N4O8/c54-50(55)37-13-1-29(2-14-37)33-9-21-41-42-22-10-34(30-3-15-38(16-4-30)51(56)57)26-46(42)49(45(41)25-33)47-27-35(31-5-17-39(18-6-31)52(58)59)11-23-43(47)44-24-12-36(28-48(44)49)32-7-19-40(20-8-32)53(60)61/h1-28H. The highest BCUT2D eigenvalue weighted by atomic mass is 16.6. The highest BCUT2D eigenvalue weighted by Crippen LogP contribution is 2.64. The van der Waals surface area contributed by atoms with E-state index in [0.717, 1.165) is 89.0 Å². The third kappa shape index (κ3) is 5.76. The summed E-state index contributed by atoms with van der Waals surface area (Å²) in [6.45, 7) is 0. The van der Waals surface area contributed by atoms with Gasteiger partial charge in [-0.2, -0.15) is 0 Å². The summed E-state index contributed by atoms with van der Waals surface area (Å²) in [5, 5.41) is 46.3. The average Bonchev–Trinajstić information content (AvgIpc) is 3.74. The van der Waals surface area contributed by atoms with Crippen molar-refractivity contribution >= 4 is 22.7 Å². The zero-order valence-corrected chi connectivity index (χ0v) is 31.7. The summed E-state index contributed by atoms with van der Waals surface area (Å²) in [6.07, 6.45) is 0. The lowest BCUT2D eigenvalue weighted by atomic mass is 9.69. The van der Waals surface area contributed by atoms with Gasteiger partial charge in [0.05, 0.1) is 25.1 Å². The molecule has 0 N–H and O–H groups in total. The number of rotatable bonds is 8. The lowest BCUT2D eigenvalue weighted by Gasteiger charge is -2.32. The number of hydrogen-bond donors (Lipinski definition) is 0. The normalized spacial score (nSPS) is 12.6. The summed E-state index contributed by atoms with van der Waals surface area (Å²) < 4.78 is 0. The van der Waals surface area contributed by atoms with E-state index in [9.17, 15) is 40.5 Å². The molecule has 1 spiro atoms. The monoisotopic (exact) mass is 800 g/mol. The first-order chi connectivity index (χ1) is 29.5. The first-order valence-electron chi connectivity index (χ1n) is 19.1. The van der Waals surface area contributed by atoms with E-state index in [1.807, 2.05) is 24.3 Å². The molecule has 0 aromatic heterocycles. The second kappa shape index (κ2) is 13.7. The lowest BCUT2D eigenvalue weighted by molar-refractivity contribution is -0.385. The maximum Gasteiger partial charge on any atom is 0.269 e. The molecule has 0 heterocycles. The molecule has 2 aliphatic rings. The van der Waals surface area contributed by atoms with Gasteiger partial charge in [0.2, 0.25) is 0 Å². The summed E-state index contributed by atoms with van der Waals surface area (Å²) in [7, 11) is 0. The maximum atomic E-state index is 11.6. The van der Waals surface area contributed by atoms with E-state index in [1.165, 1.54) is 48.5 Å². The van der Waals surface area contributed by atoms with E-state index in [0.29, 0.717) is 0 Å². The van der Waals surface area contributed by atoms with Crippen molar-refractivity contribution in [2.75, 3.05) is 0 Å². The van der Waals surface area contributed by atoms with Gasteiger partial charge in [-0.1, -0.05) is 48.5 Å². The third-order valence-electron chi connectivity index (χ3n) is 11.9. The van der Waals surface area contributed by atoms with Gasteiger partial charge < -0.3 is 0 Å². The van der Waals surface area contributed by atoms with Crippen LogP contribution in [0.3, 0.4) is 0 Å². The second-order valence-electron chi connectivity index (χ2n) is 15.0. The molecular formula is C49H28N4O8. The Labute approximate surface area is 346 Å². The van der Waals surface area contributed by atoms with Crippen molar-refractivity contribution in [1.29, 1.82) is 0 Å². The van der Waals surface area contributed by atoms with Crippen molar-refractivity contribution in [2.24, 2.45) is 0 Å². The molecular weight excluding hydrogens is 773 g/mol. The highest BCUT2D eigenvalue weighted by Gasteiger charge is 2.52. The summed E-state index contributed by atoms with van der Waals surface area (Å²) in [6, 6.07) is 50.6. The molecule has 0 saturated heterocycles. The first kappa shape index (κ1) is 36.7. The zero-order chi connectivity index (χ0) is 42.2. The van der Waals surface area contributed by atoms with Crippen LogP contribution in [0.4, 0.5) is 22.7 Å². The quantitative estimate of drug-likeness (QED) is 0.108. The van der Waals surface area contributed by atoms with Crippen LogP contribution in [0.1, 0.15) is 22.3 Å². The van der Waals surface area contributed by atoms with Gasteiger partial charge in [0.15, 0.2) is 0 Å². The number of nitro groups is 4. The van der Waals surface area contributed by atoms with E-state index < -0.39 is 25.1 Å². The van der Waals surface area contributed by atoms with Crippen LogP contribution in [-0.4, -0.2) is 19.7 Å². The summed E-state index contributed by atoms with van der Waals surface area (Å²) in [5.41, 5.74) is 13.1. The molecule has 0 bridgehead atoms. The molecule has 0 unspecified atom stereocenters. The molecule has 8 aromatic rings. The van der Waals surface area contributed by atoms with Gasteiger partial charge in [0, 0.05) is 48.5 Å². The third-order valence-corrected chi connectivity index (χ3v) is 11.9. The fraction of sp³-hybridized carbons (Fsp3) is 0.0204. The van der Waals surface area contributed by atoms with E-state index in [-0.39, 0.29) is 22.7 Å². The highest BCUT2D eigenvalue weighted by molar-refractivity contribution is 5.98. The Bertz CT molecular complexity index is 2750. The average molecular weight is 801 g/mol. The lowest BCUT2D eigenvalue weighted by Crippen LogP contribution is -2.26. The van der Waals surface area contributed by atoms with Crippen molar-refractivity contribution in [3.05, 3.63) is 233 Å². The molecule has 0 radical (unpaired) electrons. The molecule has 0 aliphatic heterocycles. The van der Waals surface area contributed by atoms with Crippen molar-refractivity contribution in [2.45, 2.75) is 5.41 Å². The van der Waals surface area contributed by atoms with Crippen LogP contribution < -0.4 is 0 Å². The summed E-state index contributed by atoms with van der Waals surface area (Å²) >= 11 is 0. The van der Waals surface area contributed by atoms with Gasteiger partial charge in [-0.25, -0.2) is 0 Å². The van der Waals surface area contributed by atoms with E-state index in [2.05, 4.69) is 48.5 Å². The van der Waals surface area contributed by atoms with E-state index >= 15 is 0 Å². The van der Waals surface area contributed by atoms with Crippen molar-refractivity contribution in [1.82, 2.24) is 0 Å². The molecule has 0 saturated carbocycles. The number of hydrogen-bond acceptors (Lipinski definition) is 8. The molecule has 61 heavy (non-hydrogen) atoms. The Morgan fingerprint density at radius 2 is 0.443 bits per heavy atom. The van der Waals surface area contributed by atoms with Crippen LogP contribution in [0.25, 0.3) is 66.8 Å². The molecule has 10 rings (SSSR count). The molecule has 8 aromatic carbocycles. The topological polar surface area (TPSA) is 173 Å². The SMILES string of the molecule is O=[N+]([O-])c1ccc(-c2ccc3c(c2)C2(c4cc(-c5ccc([N+](=O)[O-])cc5)ccc4-3)c3cc(-c4ccc([N+](=O)[O-])cc4)ccc3-c3ccc(-c4ccc([N+](=O)[O-])cc4)cc32)cc1. The van der Waals surface area contributed by atoms with E-state index in [4.69, 9.17) is 0 Å². The predicted molar refractivity (Wildman–Crippen MR) is 231 cm³/mol. The van der Waals surface area contributed by atoms with Crippen LogP contribution in [0, 0.1) is 40.5 Å². The van der Waals surface area contributed by atoms with Crippen molar-refractivity contribution in [3.8, 4) is 66.8 Å². The zero-order valence-electron chi connectivity index (χ0n) is 31.7. The van der Waals surface area contributed by atoms with Crippen LogP contribution in [0.15, 0.2) is 170 Å². The Morgan fingerprint density at radius 1 is 0.262 bits per heavy atom. The molecule has 0 atom stereocenters. The van der Waals surface area contributed by atoms with Gasteiger partial charge in [-0.05, 0) is 162 Å². The van der Waals surface area contributed by atoms with E-state index in [1.54, 1.807) is 48.5 Å². The fourth-order valence-electron chi connectivity index (χ4n) is 9.05. The minimum Gasteiger partial charge on any atom is -0.258 e. The molecule has 0 amide bonds. The van der Waals surface area contributed by atoms with Crippen LogP contribution >= 0.6 is 0 Å². The van der Waals surface area contributed by atoms with Gasteiger partial charge >= 0.3 is 0 Å². The van der Waals surface area contributed by atoms with Gasteiger partial charge in [0.25, 0.3) is 22.7 Å². The number of fused-ring (bicyclic) bond motifs is 10. The number of non-ortho nitro benzene ring substituents is 4. The van der Waals surface area contributed by atoms with Crippen molar-refractivity contribution < 1.29 is 19.7 Å². The Hall–Kier alpha value is -8.64.